The number of hydrogen-bond acceptors (Lipinski definition) is 3. The number of aliphatic imine (C=N–C) groups is 1. The molecule has 1 amide bonds. The molecule has 1 saturated carbocycles. The molecule has 0 radical (unpaired) electrons. The average molecular weight is 408 g/mol. The van der Waals surface area contributed by atoms with Crippen LogP contribution in [-0.2, 0) is 4.79 Å². The summed E-state index contributed by atoms with van der Waals surface area (Å²) < 4.78 is 0. The predicted molar refractivity (Wildman–Crippen MR) is 122 cm³/mol. The fraction of sp³-hybridized carbons (Fsp3) is 0.913. The van der Waals surface area contributed by atoms with Crippen molar-refractivity contribution in [1.82, 2.24) is 20.4 Å². The number of carbonyl (C=O) groups is 1. The summed E-state index contributed by atoms with van der Waals surface area (Å²) in [6.45, 7) is 15.6. The number of likely N-dealkylation sites (tertiary alicyclic amines) is 1. The van der Waals surface area contributed by atoms with Gasteiger partial charge in [-0.05, 0) is 60.3 Å². The van der Waals surface area contributed by atoms with E-state index in [-0.39, 0.29) is 5.92 Å². The van der Waals surface area contributed by atoms with Crippen LogP contribution in [0.5, 0.6) is 0 Å². The zero-order chi connectivity index (χ0) is 21.2. The van der Waals surface area contributed by atoms with Crippen molar-refractivity contribution in [3.05, 3.63) is 0 Å². The molecule has 0 aromatic rings. The first-order chi connectivity index (χ1) is 13.9. The minimum atomic E-state index is 0.272. The van der Waals surface area contributed by atoms with Gasteiger partial charge >= 0.3 is 0 Å². The molecule has 0 aromatic heterocycles. The highest BCUT2D eigenvalue weighted by atomic mass is 16.2. The Morgan fingerprint density at radius 3 is 2.41 bits per heavy atom. The van der Waals surface area contributed by atoms with E-state index in [1.165, 1.54) is 19.3 Å². The molecule has 2 N–H and O–H groups in total. The van der Waals surface area contributed by atoms with Crippen LogP contribution in [0, 0.1) is 5.92 Å². The quantitative estimate of drug-likeness (QED) is 0.350. The van der Waals surface area contributed by atoms with Crippen molar-refractivity contribution in [2.24, 2.45) is 10.9 Å². The van der Waals surface area contributed by atoms with Crippen LogP contribution < -0.4 is 10.6 Å². The van der Waals surface area contributed by atoms with Crippen molar-refractivity contribution in [2.75, 3.05) is 32.7 Å². The summed E-state index contributed by atoms with van der Waals surface area (Å²) in [5, 5.41) is 6.94. The molecular formula is C23H45N5O. The molecule has 29 heavy (non-hydrogen) atoms. The Kier molecular flexibility index (Phi) is 10.3. The first-order valence-corrected chi connectivity index (χ1v) is 12.0. The maximum absolute atomic E-state index is 12.8. The average Bonchev–Trinajstić information content (AvgIpc) is 3.15. The van der Waals surface area contributed by atoms with Gasteiger partial charge in [-0.15, -0.1) is 0 Å². The topological polar surface area (TPSA) is 60.0 Å². The summed E-state index contributed by atoms with van der Waals surface area (Å²) in [4.78, 5) is 22.2. The molecule has 1 atom stereocenters. The van der Waals surface area contributed by atoms with Gasteiger partial charge in [0.2, 0.25) is 5.91 Å². The zero-order valence-corrected chi connectivity index (χ0v) is 19.5. The summed E-state index contributed by atoms with van der Waals surface area (Å²) in [5.74, 6) is 1.55. The first kappa shape index (κ1) is 24.0. The van der Waals surface area contributed by atoms with E-state index in [4.69, 9.17) is 4.99 Å². The lowest BCUT2D eigenvalue weighted by atomic mass is 9.88. The maximum Gasteiger partial charge on any atom is 0.225 e. The molecule has 1 unspecified atom stereocenters. The molecule has 1 saturated heterocycles. The maximum atomic E-state index is 12.8. The number of nitrogens with zero attached hydrogens (tertiary/aromatic N) is 3. The number of rotatable bonds is 9. The molecule has 1 aliphatic heterocycles. The van der Waals surface area contributed by atoms with Crippen LogP contribution in [0.3, 0.4) is 0 Å². The van der Waals surface area contributed by atoms with Crippen LogP contribution in [-0.4, -0.2) is 72.5 Å². The summed E-state index contributed by atoms with van der Waals surface area (Å²) >= 11 is 0. The third kappa shape index (κ3) is 7.80. The van der Waals surface area contributed by atoms with Crippen molar-refractivity contribution < 1.29 is 4.79 Å². The number of carbonyl (C=O) groups excluding carboxylic acids is 1. The smallest absolute Gasteiger partial charge is 0.225 e. The summed E-state index contributed by atoms with van der Waals surface area (Å²) in [6, 6.07) is 1.44. The Labute approximate surface area is 178 Å². The van der Waals surface area contributed by atoms with Gasteiger partial charge in [0.1, 0.15) is 0 Å². The SMILES string of the molecule is CCNC(=NCCCN(C(C)C)C(C)C)NC1CCN(C(=O)C2CCCCC2)C1. The Balaban J connectivity index is 1.79. The fourth-order valence-electron chi connectivity index (χ4n) is 4.76. The predicted octanol–water partition coefficient (Wildman–Crippen LogP) is 3.23. The van der Waals surface area contributed by atoms with Gasteiger partial charge in [-0.25, -0.2) is 0 Å². The minimum absolute atomic E-state index is 0.272. The molecule has 2 fully saturated rings. The van der Waals surface area contributed by atoms with E-state index in [0.717, 1.165) is 64.4 Å². The Morgan fingerprint density at radius 2 is 1.79 bits per heavy atom. The second-order valence-electron chi connectivity index (χ2n) is 9.29. The molecule has 1 aliphatic carbocycles. The van der Waals surface area contributed by atoms with E-state index in [0.29, 0.717) is 24.0 Å². The molecule has 1 heterocycles. The van der Waals surface area contributed by atoms with Crippen molar-refractivity contribution in [3.8, 4) is 0 Å². The van der Waals surface area contributed by atoms with Crippen LogP contribution in [0.25, 0.3) is 0 Å². The molecule has 6 heteroatoms. The molecule has 168 valence electrons. The highest BCUT2D eigenvalue weighted by Crippen LogP contribution is 2.26. The fourth-order valence-corrected chi connectivity index (χ4v) is 4.76. The standard InChI is InChI=1S/C23H45N5O/c1-6-24-23(25-14-10-15-28(18(2)3)19(4)5)26-21-13-16-27(17-21)22(29)20-11-8-7-9-12-20/h18-21H,6-17H2,1-5H3,(H2,24,25,26). The van der Waals surface area contributed by atoms with E-state index in [9.17, 15) is 4.79 Å². The van der Waals surface area contributed by atoms with Crippen molar-refractivity contribution in [1.29, 1.82) is 0 Å². The Bertz CT molecular complexity index is 505. The van der Waals surface area contributed by atoms with Crippen molar-refractivity contribution >= 4 is 11.9 Å². The van der Waals surface area contributed by atoms with Gasteiger partial charge in [0, 0.05) is 56.8 Å². The lowest BCUT2D eigenvalue weighted by Crippen LogP contribution is -2.45. The monoisotopic (exact) mass is 407 g/mol. The van der Waals surface area contributed by atoms with Gasteiger partial charge in [0.25, 0.3) is 0 Å². The Hall–Kier alpha value is -1.30. The molecule has 0 bridgehead atoms. The molecule has 0 spiro atoms. The number of nitrogens with one attached hydrogen (secondary N) is 2. The second kappa shape index (κ2) is 12.4. The summed E-state index contributed by atoms with van der Waals surface area (Å²) in [5.41, 5.74) is 0. The lowest BCUT2D eigenvalue weighted by Gasteiger charge is -2.30. The zero-order valence-electron chi connectivity index (χ0n) is 19.5. The number of amides is 1. The third-order valence-electron chi connectivity index (χ3n) is 6.31. The summed E-state index contributed by atoms with van der Waals surface area (Å²) in [6.07, 6.45) is 7.97. The van der Waals surface area contributed by atoms with Crippen LogP contribution in [0.1, 0.15) is 79.6 Å². The molecule has 2 aliphatic rings. The first-order valence-electron chi connectivity index (χ1n) is 12.0. The van der Waals surface area contributed by atoms with Gasteiger partial charge in [0.05, 0.1) is 0 Å². The number of hydrogen-bond donors (Lipinski definition) is 2. The van der Waals surface area contributed by atoms with E-state index < -0.39 is 0 Å². The largest absolute Gasteiger partial charge is 0.357 e. The van der Waals surface area contributed by atoms with Crippen LogP contribution >= 0.6 is 0 Å². The molecular weight excluding hydrogens is 362 g/mol. The van der Waals surface area contributed by atoms with Crippen LogP contribution in [0.15, 0.2) is 4.99 Å². The van der Waals surface area contributed by atoms with E-state index >= 15 is 0 Å². The van der Waals surface area contributed by atoms with Crippen molar-refractivity contribution in [3.63, 3.8) is 0 Å². The third-order valence-corrected chi connectivity index (χ3v) is 6.31. The highest BCUT2D eigenvalue weighted by Gasteiger charge is 2.31. The van der Waals surface area contributed by atoms with Gasteiger partial charge in [-0.2, -0.15) is 0 Å². The Morgan fingerprint density at radius 1 is 1.10 bits per heavy atom. The van der Waals surface area contributed by atoms with E-state index in [2.05, 4.69) is 55.1 Å². The van der Waals surface area contributed by atoms with E-state index in [1.807, 2.05) is 0 Å². The van der Waals surface area contributed by atoms with Crippen LogP contribution in [0.4, 0.5) is 0 Å². The molecule has 6 nitrogen and oxygen atoms in total. The molecule has 2 rings (SSSR count). The van der Waals surface area contributed by atoms with Gasteiger partial charge in [-0.3, -0.25) is 14.7 Å². The number of guanidine groups is 1. The normalized spacial score (nSPS) is 21.4. The van der Waals surface area contributed by atoms with Gasteiger partial charge in [-0.1, -0.05) is 19.3 Å². The lowest BCUT2D eigenvalue weighted by molar-refractivity contribution is -0.135. The van der Waals surface area contributed by atoms with E-state index in [1.54, 1.807) is 0 Å². The van der Waals surface area contributed by atoms with Gasteiger partial charge in [0.15, 0.2) is 5.96 Å². The van der Waals surface area contributed by atoms with Crippen molar-refractivity contribution in [2.45, 2.75) is 97.7 Å². The van der Waals surface area contributed by atoms with Gasteiger partial charge < -0.3 is 15.5 Å². The minimum Gasteiger partial charge on any atom is -0.357 e. The highest BCUT2D eigenvalue weighted by molar-refractivity contribution is 5.81. The second-order valence-corrected chi connectivity index (χ2v) is 9.29. The molecule has 0 aromatic carbocycles. The van der Waals surface area contributed by atoms with Crippen LogP contribution in [0.2, 0.25) is 0 Å². The summed E-state index contributed by atoms with van der Waals surface area (Å²) in [7, 11) is 0.